The molecular weight excluding hydrogens is 839 g/mol. The van der Waals surface area contributed by atoms with Crippen LogP contribution in [0.4, 0.5) is 0 Å². The lowest BCUT2D eigenvalue weighted by molar-refractivity contribution is -0.143. The molecule has 0 aromatic heterocycles. The second kappa shape index (κ2) is 57.9. The van der Waals surface area contributed by atoms with E-state index in [0.717, 1.165) is 83.5 Å². The highest BCUT2D eigenvalue weighted by Gasteiger charge is 2.18. The highest BCUT2D eigenvalue weighted by molar-refractivity contribution is 5.76. The molecule has 402 valence electrons. The number of hydrogen-bond acceptors (Lipinski definition) is 5. The molecule has 0 aliphatic heterocycles. The van der Waals surface area contributed by atoms with Gasteiger partial charge < -0.3 is 20.3 Å². The number of carbonyl (C=O) groups is 2. The van der Waals surface area contributed by atoms with Crippen molar-refractivity contribution < 1.29 is 24.5 Å². The Balaban J connectivity index is 3.51. The van der Waals surface area contributed by atoms with Gasteiger partial charge in [0.1, 0.15) is 0 Å². The van der Waals surface area contributed by atoms with E-state index in [9.17, 15) is 19.8 Å². The molecule has 0 saturated heterocycles. The van der Waals surface area contributed by atoms with E-state index >= 15 is 0 Å². The summed E-state index contributed by atoms with van der Waals surface area (Å²) in [5.74, 6) is -0.123. The molecule has 2 atom stereocenters. The number of nitrogens with one attached hydrogen (secondary N) is 1. The van der Waals surface area contributed by atoms with Gasteiger partial charge in [0.15, 0.2) is 0 Å². The normalized spacial score (nSPS) is 12.7. The van der Waals surface area contributed by atoms with Crippen molar-refractivity contribution >= 4 is 11.9 Å². The van der Waals surface area contributed by atoms with Crippen molar-refractivity contribution in [2.45, 2.75) is 347 Å². The highest BCUT2D eigenvalue weighted by Crippen LogP contribution is 2.18. The molecule has 1 amide bonds. The van der Waals surface area contributed by atoms with E-state index in [1.807, 2.05) is 6.08 Å². The molecule has 3 N–H and O–H groups in total. The van der Waals surface area contributed by atoms with Crippen LogP contribution < -0.4 is 5.32 Å². The predicted octanol–water partition coefficient (Wildman–Crippen LogP) is 19.0. The van der Waals surface area contributed by atoms with Crippen LogP contribution in [-0.4, -0.2) is 47.4 Å². The van der Waals surface area contributed by atoms with Crippen molar-refractivity contribution in [3.63, 3.8) is 0 Å². The molecule has 6 heteroatoms. The number of rotatable bonds is 57. The van der Waals surface area contributed by atoms with Crippen molar-refractivity contribution in [2.75, 3.05) is 13.2 Å². The molecule has 2 unspecified atom stereocenters. The van der Waals surface area contributed by atoms with Gasteiger partial charge in [0.05, 0.1) is 25.4 Å². The van der Waals surface area contributed by atoms with E-state index in [4.69, 9.17) is 4.74 Å². The summed E-state index contributed by atoms with van der Waals surface area (Å²) in [4.78, 5) is 24.5. The van der Waals surface area contributed by atoms with E-state index in [-0.39, 0.29) is 18.5 Å². The number of hydrogen-bond donors (Lipinski definition) is 3. The lowest BCUT2D eigenvalue weighted by atomic mass is 10.0. The molecule has 0 saturated carbocycles. The Kier molecular flexibility index (Phi) is 56.5. The van der Waals surface area contributed by atoms with E-state index < -0.39 is 12.1 Å². The minimum Gasteiger partial charge on any atom is -0.466 e. The monoisotopic (exact) mass is 958 g/mol. The van der Waals surface area contributed by atoms with Crippen LogP contribution in [0.3, 0.4) is 0 Å². The molecule has 0 aliphatic rings. The summed E-state index contributed by atoms with van der Waals surface area (Å²) in [6.07, 6.45) is 70.7. The van der Waals surface area contributed by atoms with Crippen molar-refractivity contribution in [1.29, 1.82) is 0 Å². The summed E-state index contributed by atoms with van der Waals surface area (Å²) in [5.41, 5.74) is 0. The standard InChI is InChI=1S/C62H119NO5/c1-3-5-7-9-11-13-15-17-19-20-21-22-23-24-25-26-27-28-30-31-34-38-42-46-50-54-60(65)59(58-64)63-61(66)55-51-47-43-39-35-33-37-41-45-49-53-57-68-62(67)56-52-48-44-40-36-32-29-18-16-14-12-10-8-6-4-2/h37,41,50,54,59-60,64-65H,3-36,38-40,42-49,51-53,55-58H2,1-2H3,(H,63,66)/b41-37-,54-50+. The summed E-state index contributed by atoms with van der Waals surface area (Å²) in [5, 5.41) is 23.2. The van der Waals surface area contributed by atoms with Crippen molar-refractivity contribution in [2.24, 2.45) is 0 Å². The highest BCUT2D eigenvalue weighted by atomic mass is 16.5. The number of ether oxygens (including phenoxy) is 1. The van der Waals surface area contributed by atoms with Crippen molar-refractivity contribution in [3.05, 3.63) is 24.3 Å². The zero-order chi connectivity index (χ0) is 49.3. The number of carbonyl (C=O) groups excluding carboxylic acids is 2. The Labute approximate surface area is 424 Å². The topological polar surface area (TPSA) is 95.9 Å². The Morgan fingerprint density at radius 2 is 0.691 bits per heavy atom. The molecule has 6 nitrogen and oxygen atoms in total. The summed E-state index contributed by atoms with van der Waals surface area (Å²) >= 11 is 0. The maximum atomic E-state index is 12.5. The van der Waals surface area contributed by atoms with Crippen molar-refractivity contribution in [1.82, 2.24) is 5.32 Å². The molecule has 0 radical (unpaired) electrons. The molecule has 0 aromatic carbocycles. The van der Waals surface area contributed by atoms with E-state index in [0.29, 0.717) is 19.4 Å². The fourth-order valence-electron chi connectivity index (χ4n) is 9.51. The summed E-state index contributed by atoms with van der Waals surface area (Å²) in [6.45, 7) is 4.85. The number of esters is 1. The van der Waals surface area contributed by atoms with Gasteiger partial charge in [-0.25, -0.2) is 0 Å². The number of unbranched alkanes of at least 4 members (excludes halogenated alkanes) is 44. The SMILES string of the molecule is CCCCCCCCCCCCCCCCCCCCCCCCC/C=C/C(O)C(CO)NC(=O)CCCCCCC/C=C\CCCCOC(=O)CCCCCCCCCCCCCCCCC. The third kappa shape index (κ3) is 53.7. The second-order valence-electron chi connectivity index (χ2n) is 21.0. The maximum Gasteiger partial charge on any atom is 0.305 e. The van der Waals surface area contributed by atoms with E-state index in [2.05, 4.69) is 31.3 Å². The van der Waals surface area contributed by atoms with E-state index in [1.54, 1.807) is 6.08 Å². The van der Waals surface area contributed by atoms with Gasteiger partial charge >= 0.3 is 5.97 Å². The van der Waals surface area contributed by atoms with Gasteiger partial charge in [-0.05, 0) is 57.8 Å². The average Bonchev–Trinajstić information content (AvgIpc) is 3.34. The Morgan fingerprint density at radius 3 is 1.04 bits per heavy atom. The number of amides is 1. The number of aliphatic hydroxyl groups is 2. The van der Waals surface area contributed by atoms with Gasteiger partial charge in [0, 0.05) is 12.8 Å². The van der Waals surface area contributed by atoms with Crippen LogP contribution in [0, 0.1) is 0 Å². The van der Waals surface area contributed by atoms with Crippen molar-refractivity contribution in [3.8, 4) is 0 Å². The smallest absolute Gasteiger partial charge is 0.305 e. The summed E-state index contributed by atoms with van der Waals surface area (Å²) in [6, 6.07) is -0.650. The Morgan fingerprint density at radius 1 is 0.397 bits per heavy atom. The van der Waals surface area contributed by atoms with Gasteiger partial charge in [-0.2, -0.15) is 0 Å². The third-order valence-electron chi connectivity index (χ3n) is 14.2. The molecule has 0 bridgehead atoms. The maximum absolute atomic E-state index is 12.5. The van der Waals surface area contributed by atoms with E-state index in [1.165, 1.54) is 225 Å². The minimum absolute atomic E-state index is 0.0293. The molecule has 0 rings (SSSR count). The number of allylic oxidation sites excluding steroid dienone is 3. The third-order valence-corrected chi connectivity index (χ3v) is 14.2. The Bertz CT molecular complexity index is 1060. The minimum atomic E-state index is -0.863. The fraction of sp³-hybridized carbons (Fsp3) is 0.903. The van der Waals surface area contributed by atoms with Crippen LogP contribution >= 0.6 is 0 Å². The average molecular weight is 959 g/mol. The molecule has 0 heterocycles. The first-order valence-corrected chi connectivity index (χ1v) is 30.6. The molecule has 0 fully saturated rings. The number of aliphatic hydroxyl groups excluding tert-OH is 2. The molecule has 0 aromatic rings. The zero-order valence-corrected chi connectivity index (χ0v) is 45.9. The zero-order valence-electron chi connectivity index (χ0n) is 45.9. The first-order valence-electron chi connectivity index (χ1n) is 30.6. The summed E-state index contributed by atoms with van der Waals surface area (Å²) < 4.78 is 5.45. The van der Waals surface area contributed by atoms with Crippen LogP contribution in [0.15, 0.2) is 24.3 Å². The first-order chi connectivity index (χ1) is 33.5. The van der Waals surface area contributed by atoms with Crippen LogP contribution in [-0.2, 0) is 14.3 Å². The molecular formula is C62H119NO5. The lowest BCUT2D eigenvalue weighted by Crippen LogP contribution is -2.45. The first kappa shape index (κ1) is 66.3. The Hall–Kier alpha value is -1.66. The quantitative estimate of drug-likeness (QED) is 0.0321. The fourth-order valence-corrected chi connectivity index (χ4v) is 9.51. The summed E-state index contributed by atoms with van der Waals surface area (Å²) in [7, 11) is 0. The second-order valence-corrected chi connectivity index (χ2v) is 21.0. The largest absolute Gasteiger partial charge is 0.466 e. The lowest BCUT2D eigenvalue weighted by Gasteiger charge is -2.20. The van der Waals surface area contributed by atoms with Gasteiger partial charge in [-0.15, -0.1) is 0 Å². The van der Waals surface area contributed by atoms with Crippen LogP contribution in [0.25, 0.3) is 0 Å². The van der Waals surface area contributed by atoms with Gasteiger partial charge in [0.25, 0.3) is 0 Å². The van der Waals surface area contributed by atoms with Gasteiger partial charge in [-0.1, -0.05) is 289 Å². The van der Waals surface area contributed by atoms with Gasteiger partial charge in [-0.3, -0.25) is 9.59 Å². The van der Waals surface area contributed by atoms with Crippen LogP contribution in [0.2, 0.25) is 0 Å². The van der Waals surface area contributed by atoms with Crippen LogP contribution in [0.5, 0.6) is 0 Å². The molecule has 0 spiro atoms. The van der Waals surface area contributed by atoms with Gasteiger partial charge in [0.2, 0.25) is 5.91 Å². The molecule has 68 heavy (non-hydrogen) atoms. The predicted molar refractivity (Wildman–Crippen MR) is 296 cm³/mol. The van der Waals surface area contributed by atoms with Crippen LogP contribution in [0.1, 0.15) is 335 Å². The molecule has 0 aliphatic carbocycles.